The summed E-state index contributed by atoms with van der Waals surface area (Å²) in [6.45, 7) is 6.16. The Morgan fingerprint density at radius 1 is 1.36 bits per heavy atom. The second-order valence-electron chi connectivity index (χ2n) is 2.55. The van der Waals surface area contributed by atoms with Crippen molar-refractivity contribution in [1.82, 2.24) is 4.98 Å². The van der Waals surface area contributed by atoms with Crippen molar-refractivity contribution in [3.05, 3.63) is 30.1 Å². The van der Waals surface area contributed by atoms with Crippen LogP contribution in [0, 0.1) is 0 Å². The summed E-state index contributed by atoms with van der Waals surface area (Å²) in [6, 6.07) is 3.72. The standard InChI is InChI=1S/C9H11NO2.C2H6/c1-8(11)6-12-7-9-2-4-10-5-3-9;1-2/h2-5H,6-7H2,1H3;1-2H3. The number of ketones is 1. The molecule has 1 aromatic rings. The topological polar surface area (TPSA) is 39.2 Å². The Morgan fingerprint density at radius 3 is 2.43 bits per heavy atom. The van der Waals surface area contributed by atoms with Crippen LogP contribution in [0.3, 0.4) is 0 Å². The number of hydrogen-bond acceptors (Lipinski definition) is 3. The summed E-state index contributed by atoms with van der Waals surface area (Å²) in [5.74, 6) is 0.0454. The van der Waals surface area contributed by atoms with E-state index < -0.39 is 0 Å². The summed E-state index contributed by atoms with van der Waals surface area (Å²) in [6.07, 6.45) is 3.40. The normalized spacial score (nSPS) is 8.79. The molecule has 0 unspecified atom stereocenters. The summed E-state index contributed by atoms with van der Waals surface area (Å²) in [4.78, 5) is 14.4. The third-order valence-corrected chi connectivity index (χ3v) is 1.32. The summed E-state index contributed by atoms with van der Waals surface area (Å²) >= 11 is 0. The molecule has 0 saturated carbocycles. The van der Waals surface area contributed by atoms with Crippen LogP contribution in [0.1, 0.15) is 26.3 Å². The monoisotopic (exact) mass is 195 g/mol. The van der Waals surface area contributed by atoms with Crippen molar-refractivity contribution < 1.29 is 9.53 Å². The summed E-state index contributed by atoms with van der Waals surface area (Å²) in [5, 5.41) is 0. The van der Waals surface area contributed by atoms with Crippen LogP contribution in [0.15, 0.2) is 24.5 Å². The zero-order valence-electron chi connectivity index (χ0n) is 8.99. The second-order valence-corrected chi connectivity index (χ2v) is 2.55. The highest BCUT2D eigenvalue weighted by Crippen LogP contribution is 1.97. The Bertz CT molecular complexity index is 247. The van der Waals surface area contributed by atoms with Gasteiger partial charge in [0.05, 0.1) is 6.61 Å². The van der Waals surface area contributed by atoms with Gasteiger partial charge >= 0.3 is 0 Å². The van der Waals surface area contributed by atoms with Crippen LogP contribution in [-0.2, 0) is 16.1 Å². The summed E-state index contributed by atoms with van der Waals surface area (Å²) in [5.41, 5.74) is 1.03. The Balaban J connectivity index is 0.000000791. The van der Waals surface area contributed by atoms with Crippen molar-refractivity contribution >= 4 is 5.78 Å². The van der Waals surface area contributed by atoms with Gasteiger partial charge in [-0.1, -0.05) is 13.8 Å². The maximum absolute atomic E-state index is 10.5. The van der Waals surface area contributed by atoms with Crippen molar-refractivity contribution in [2.45, 2.75) is 27.4 Å². The van der Waals surface area contributed by atoms with Crippen LogP contribution in [0.25, 0.3) is 0 Å². The molecule has 0 N–H and O–H groups in total. The Kier molecular flexibility index (Phi) is 7.65. The molecule has 0 spiro atoms. The number of ether oxygens (including phenoxy) is 1. The Morgan fingerprint density at radius 2 is 1.93 bits per heavy atom. The zero-order chi connectivity index (χ0) is 10.8. The molecule has 0 fully saturated rings. The van der Waals surface area contributed by atoms with Gasteiger partial charge in [0.15, 0.2) is 5.78 Å². The van der Waals surface area contributed by atoms with Gasteiger partial charge in [-0.05, 0) is 24.6 Å². The van der Waals surface area contributed by atoms with E-state index in [1.807, 2.05) is 26.0 Å². The number of carbonyl (C=O) groups is 1. The molecule has 0 radical (unpaired) electrons. The molecule has 1 heterocycles. The van der Waals surface area contributed by atoms with Gasteiger partial charge in [0, 0.05) is 12.4 Å². The molecule has 3 heteroatoms. The van der Waals surface area contributed by atoms with Crippen LogP contribution in [-0.4, -0.2) is 17.4 Å². The van der Waals surface area contributed by atoms with E-state index in [-0.39, 0.29) is 12.4 Å². The fourth-order valence-electron chi connectivity index (χ4n) is 0.792. The molecule has 3 nitrogen and oxygen atoms in total. The van der Waals surface area contributed by atoms with Crippen LogP contribution in [0.4, 0.5) is 0 Å². The lowest BCUT2D eigenvalue weighted by Crippen LogP contribution is -2.03. The van der Waals surface area contributed by atoms with Crippen molar-refractivity contribution in [2.75, 3.05) is 6.61 Å². The van der Waals surface area contributed by atoms with E-state index in [2.05, 4.69) is 4.98 Å². The average molecular weight is 195 g/mol. The second kappa shape index (κ2) is 8.38. The van der Waals surface area contributed by atoms with E-state index >= 15 is 0 Å². The van der Waals surface area contributed by atoms with Crippen LogP contribution in [0.2, 0.25) is 0 Å². The molecule has 1 aromatic heterocycles. The summed E-state index contributed by atoms with van der Waals surface area (Å²) in [7, 11) is 0. The number of carbonyl (C=O) groups excluding carboxylic acids is 1. The first-order valence-electron chi connectivity index (χ1n) is 4.75. The highest BCUT2D eigenvalue weighted by Gasteiger charge is 1.94. The average Bonchev–Trinajstić information content (AvgIpc) is 2.22. The molecule has 0 aliphatic heterocycles. The lowest BCUT2D eigenvalue weighted by molar-refractivity contribution is -0.121. The SMILES string of the molecule is CC.CC(=O)COCc1ccncc1. The molecule has 0 aromatic carbocycles. The molecule has 0 aliphatic carbocycles. The number of aromatic nitrogens is 1. The molecule has 0 bridgehead atoms. The maximum Gasteiger partial charge on any atom is 0.155 e. The number of nitrogens with zero attached hydrogens (tertiary/aromatic N) is 1. The predicted molar refractivity (Wildman–Crippen MR) is 55.9 cm³/mol. The fraction of sp³-hybridized carbons (Fsp3) is 0.455. The smallest absolute Gasteiger partial charge is 0.155 e. The molecule has 1 rings (SSSR count). The van der Waals surface area contributed by atoms with E-state index in [4.69, 9.17) is 4.74 Å². The highest BCUT2D eigenvalue weighted by atomic mass is 16.5. The van der Waals surface area contributed by atoms with Gasteiger partial charge in [-0.2, -0.15) is 0 Å². The minimum absolute atomic E-state index is 0.0454. The number of Topliss-reactive ketones (excluding diaryl/α,β-unsaturated/α-hetero) is 1. The van der Waals surface area contributed by atoms with E-state index in [1.54, 1.807) is 12.4 Å². The number of hydrogen-bond donors (Lipinski definition) is 0. The largest absolute Gasteiger partial charge is 0.369 e. The highest BCUT2D eigenvalue weighted by molar-refractivity contribution is 5.76. The minimum Gasteiger partial charge on any atom is -0.369 e. The quantitative estimate of drug-likeness (QED) is 0.739. The van der Waals surface area contributed by atoms with Gasteiger partial charge in [0.1, 0.15) is 6.61 Å². The van der Waals surface area contributed by atoms with Crippen molar-refractivity contribution in [3.63, 3.8) is 0 Å². The molecule has 0 atom stereocenters. The van der Waals surface area contributed by atoms with Crippen LogP contribution >= 0.6 is 0 Å². The van der Waals surface area contributed by atoms with Gasteiger partial charge in [-0.15, -0.1) is 0 Å². The summed E-state index contributed by atoms with van der Waals surface area (Å²) < 4.78 is 5.10. The van der Waals surface area contributed by atoms with Crippen LogP contribution in [0.5, 0.6) is 0 Å². The van der Waals surface area contributed by atoms with Crippen molar-refractivity contribution in [3.8, 4) is 0 Å². The third kappa shape index (κ3) is 6.31. The van der Waals surface area contributed by atoms with Gasteiger partial charge in [0.25, 0.3) is 0 Å². The molecule has 14 heavy (non-hydrogen) atoms. The lowest BCUT2D eigenvalue weighted by atomic mass is 10.3. The fourth-order valence-corrected chi connectivity index (χ4v) is 0.792. The first kappa shape index (κ1) is 12.8. The van der Waals surface area contributed by atoms with Gasteiger partial charge in [0.2, 0.25) is 0 Å². The van der Waals surface area contributed by atoms with E-state index in [0.717, 1.165) is 5.56 Å². The van der Waals surface area contributed by atoms with Crippen molar-refractivity contribution in [2.24, 2.45) is 0 Å². The van der Waals surface area contributed by atoms with E-state index in [0.29, 0.717) is 6.61 Å². The molecule has 78 valence electrons. The predicted octanol–water partition coefficient (Wildman–Crippen LogP) is 2.21. The van der Waals surface area contributed by atoms with Gasteiger partial charge in [-0.3, -0.25) is 9.78 Å². The Hall–Kier alpha value is -1.22. The van der Waals surface area contributed by atoms with Gasteiger partial charge < -0.3 is 4.74 Å². The molecular formula is C11H17NO2. The van der Waals surface area contributed by atoms with E-state index in [9.17, 15) is 4.79 Å². The number of rotatable bonds is 4. The van der Waals surface area contributed by atoms with Crippen LogP contribution < -0.4 is 0 Å². The molecule has 0 aliphatic rings. The maximum atomic E-state index is 10.5. The Labute approximate surface area is 85.1 Å². The van der Waals surface area contributed by atoms with E-state index in [1.165, 1.54) is 6.92 Å². The third-order valence-electron chi connectivity index (χ3n) is 1.32. The molecule has 0 saturated heterocycles. The van der Waals surface area contributed by atoms with Crippen molar-refractivity contribution in [1.29, 1.82) is 0 Å². The first-order chi connectivity index (χ1) is 6.79. The molecule has 0 amide bonds. The molecular weight excluding hydrogens is 178 g/mol. The first-order valence-corrected chi connectivity index (χ1v) is 4.75. The number of pyridine rings is 1. The minimum atomic E-state index is 0.0454. The zero-order valence-corrected chi connectivity index (χ0v) is 8.99. The van der Waals surface area contributed by atoms with Gasteiger partial charge in [-0.25, -0.2) is 0 Å². The lowest BCUT2D eigenvalue weighted by Gasteiger charge is -2.00.